The molecule has 0 saturated heterocycles. The van der Waals surface area contributed by atoms with Crippen LogP contribution in [0.15, 0.2) is 65.9 Å². The number of aliphatic imine (C=N–C) groups is 1. The van der Waals surface area contributed by atoms with Gasteiger partial charge in [0.2, 0.25) is 5.95 Å². The fraction of sp³-hybridized carbons (Fsp3) is 0.306. The van der Waals surface area contributed by atoms with Gasteiger partial charge in [0.15, 0.2) is 0 Å². The Morgan fingerprint density at radius 2 is 1.69 bits per heavy atom. The topological polar surface area (TPSA) is 136 Å². The zero-order chi connectivity index (χ0) is 34.3. The van der Waals surface area contributed by atoms with E-state index >= 15 is 0 Å². The van der Waals surface area contributed by atoms with Crippen molar-refractivity contribution in [3.63, 3.8) is 0 Å². The van der Waals surface area contributed by atoms with Crippen LogP contribution < -0.4 is 25.3 Å². The van der Waals surface area contributed by atoms with Crippen molar-refractivity contribution in [3.8, 4) is 0 Å². The normalized spacial score (nSPS) is 16.0. The van der Waals surface area contributed by atoms with Gasteiger partial charge >= 0.3 is 6.03 Å². The second kappa shape index (κ2) is 12.9. The van der Waals surface area contributed by atoms with Gasteiger partial charge < -0.3 is 15.5 Å². The van der Waals surface area contributed by atoms with E-state index in [1.807, 2.05) is 45.0 Å². The average molecular weight is 646 g/mol. The van der Waals surface area contributed by atoms with E-state index in [9.17, 15) is 14.4 Å². The van der Waals surface area contributed by atoms with Crippen molar-refractivity contribution in [1.82, 2.24) is 15.0 Å². The van der Waals surface area contributed by atoms with Gasteiger partial charge in [-0.1, -0.05) is 26.0 Å². The van der Waals surface area contributed by atoms with E-state index in [-0.39, 0.29) is 24.4 Å². The quantitative estimate of drug-likeness (QED) is 0.242. The lowest BCUT2D eigenvalue weighted by Crippen LogP contribution is -2.46. The van der Waals surface area contributed by atoms with Crippen molar-refractivity contribution in [2.24, 2.45) is 10.9 Å². The first-order valence-electron chi connectivity index (χ1n) is 15.9. The highest BCUT2D eigenvalue weighted by Crippen LogP contribution is 2.34. The Balaban J connectivity index is 1.21. The smallest absolute Gasteiger partial charge is 0.323 e. The van der Waals surface area contributed by atoms with Crippen molar-refractivity contribution >= 4 is 58.1 Å². The van der Waals surface area contributed by atoms with Crippen molar-refractivity contribution in [2.75, 3.05) is 39.4 Å². The number of nitrogens with one attached hydrogen (secondary N) is 2. The fourth-order valence-corrected chi connectivity index (χ4v) is 5.97. The Morgan fingerprint density at radius 1 is 0.917 bits per heavy atom. The summed E-state index contributed by atoms with van der Waals surface area (Å²) in [5, 5.41) is 6.12. The molecule has 2 aliphatic heterocycles. The molecule has 48 heavy (non-hydrogen) atoms. The summed E-state index contributed by atoms with van der Waals surface area (Å²) in [6.07, 6.45) is 4.06. The summed E-state index contributed by atoms with van der Waals surface area (Å²) in [4.78, 5) is 63.3. The molecule has 4 heterocycles. The molecule has 4 amide bonds. The summed E-state index contributed by atoms with van der Waals surface area (Å²) < 4.78 is 0. The number of hydrogen-bond donors (Lipinski definition) is 2. The first-order chi connectivity index (χ1) is 22.9. The van der Waals surface area contributed by atoms with Crippen LogP contribution in [0, 0.1) is 19.8 Å². The highest BCUT2D eigenvalue weighted by Gasteiger charge is 2.32. The maximum Gasteiger partial charge on any atom is 0.330 e. The van der Waals surface area contributed by atoms with Gasteiger partial charge in [0.25, 0.3) is 11.8 Å². The molecule has 4 aromatic rings. The number of likely N-dealkylation sites (N-methyl/N-ethyl adjacent to an activating group) is 1. The molecule has 12 heteroatoms. The number of hydrogen-bond acceptors (Lipinski definition) is 8. The average Bonchev–Trinajstić information content (AvgIpc) is 3.14. The second-order valence-corrected chi connectivity index (χ2v) is 12.7. The molecule has 246 valence electrons. The number of aryl methyl sites for hydroxylation is 2. The highest BCUT2D eigenvalue weighted by atomic mass is 16.2. The number of carbonyl (C=O) groups excluding carboxylic acids is 3. The molecular formula is C36H39N9O3. The third-order valence-electron chi connectivity index (χ3n) is 8.60. The van der Waals surface area contributed by atoms with Gasteiger partial charge in [0.05, 0.1) is 29.8 Å². The van der Waals surface area contributed by atoms with Crippen LogP contribution in [0.1, 0.15) is 59.9 Å². The minimum absolute atomic E-state index is 0.0956. The Kier molecular flexibility index (Phi) is 8.65. The number of benzene rings is 2. The third kappa shape index (κ3) is 6.33. The van der Waals surface area contributed by atoms with E-state index < -0.39 is 6.04 Å². The number of anilines is 6. The molecule has 0 bridgehead atoms. The molecule has 12 nitrogen and oxygen atoms in total. The van der Waals surface area contributed by atoms with Gasteiger partial charge in [-0.2, -0.15) is 4.98 Å². The van der Waals surface area contributed by atoms with E-state index in [1.165, 1.54) is 4.90 Å². The first kappa shape index (κ1) is 32.3. The SMILES string of the molecule is CC1=N[C@@H](CC(C)C)C(=O)N(C)c2cc(C(=O)Nc3ccc(C)c(N4Cc5cnc(Nc6ccc(C)nc6)nc5N(C)C4=O)c3)ccc21. The van der Waals surface area contributed by atoms with Crippen molar-refractivity contribution in [2.45, 2.75) is 53.6 Å². The van der Waals surface area contributed by atoms with Crippen LogP contribution in [0.2, 0.25) is 0 Å². The van der Waals surface area contributed by atoms with Crippen LogP contribution in [0.25, 0.3) is 0 Å². The van der Waals surface area contributed by atoms with E-state index in [2.05, 4.69) is 39.4 Å². The molecule has 1 atom stereocenters. The standard InChI is InChI=1S/C36H39N9O3/c1-20(2)14-29-34(47)43(6)31-15-24(10-13-28(31)23(5)39-29)33(46)40-26-11-8-21(3)30(16-26)45-19-25-17-38-35(42-32(25)44(7)36(45)48)41-27-12-9-22(4)37-18-27/h8-13,15-18,20,29H,14,19H2,1-7H3,(H,40,46)(H,38,41,42)/t29-/m0/s1. The molecule has 0 radical (unpaired) electrons. The fourth-order valence-electron chi connectivity index (χ4n) is 5.97. The predicted octanol–water partition coefficient (Wildman–Crippen LogP) is 6.26. The molecule has 0 saturated carbocycles. The minimum atomic E-state index is -0.462. The molecular weight excluding hydrogens is 606 g/mol. The number of amides is 4. The number of carbonyl (C=O) groups is 3. The number of benzodiazepines with no additional fused rings is 1. The van der Waals surface area contributed by atoms with Crippen LogP contribution in [0.5, 0.6) is 0 Å². The summed E-state index contributed by atoms with van der Waals surface area (Å²) in [6, 6.07) is 13.8. The molecule has 2 aliphatic rings. The predicted molar refractivity (Wildman–Crippen MR) is 189 cm³/mol. The summed E-state index contributed by atoms with van der Waals surface area (Å²) in [5.74, 6) is 0.752. The van der Waals surface area contributed by atoms with Crippen LogP contribution in [-0.4, -0.2) is 58.6 Å². The van der Waals surface area contributed by atoms with E-state index in [0.717, 1.165) is 33.8 Å². The lowest BCUT2D eigenvalue weighted by atomic mass is 10.0. The number of fused-ring (bicyclic) bond motifs is 2. The number of nitrogens with zero attached hydrogens (tertiary/aromatic N) is 7. The zero-order valence-corrected chi connectivity index (χ0v) is 28.2. The Hall–Kier alpha value is -5.65. The Labute approximate surface area is 279 Å². The highest BCUT2D eigenvalue weighted by molar-refractivity contribution is 6.14. The number of pyridine rings is 1. The van der Waals surface area contributed by atoms with Crippen LogP contribution in [0.4, 0.5) is 39.3 Å². The molecule has 2 N–H and O–H groups in total. The van der Waals surface area contributed by atoms with E-state index in [1.54, 1.807) is 60.6 Å². The van der Waals surface area contributed by atoms with Gasteiger partial charge in [-0.25, -0.2) is 9.78 Å². The maximum atomic E-state index is 13.7. The third-order valence-corrected chi connectivity index (χ3v) is 8.60. The summed E-state index contributed by atoms with van der Waals surface area (Å²) in [7, 11) is 3.40. The largest absolute Gasteiger partial charge is 0.330 e. The second-order valence-electron chi connectivity index (χ2n) is 12.7. The number of rotatable bonds is 7. The van der Waals surface area contributed by atoms with E-state index in [4.69, 9.17) is 4.99 Å². The van der Waals surface area contributed by atoms with Crippen LogP contribution >= 0.6 is 0 Å². The molecule has 0 spiro atoms. The lowest BCUT2D eigenvalue weighted by Gasteiger charge is -2.35. The Bertz CT molecular complexity index is 1960. The van der Waals surface area contributed by atoms with Crippen LogP contribution in [-0.2, 0) is 11.3 Å². The zero-order valence-electron chi connectivity index (χ0n) is 28.2. The molecule has 0 fully saturated rings. The Morgan fingerprint density at radius 3 is 2.42 bits per heavy atom. The van der Waals surface area contributed by atoms with Gasteiger partial charge in [-0.3, -0.25) is 29.4 Å². The molecule has 6 rings (SSSR count). The minimum Gasteiger partial charge on any atom is -0.323 e. The molecule has 2 aromatic heterocycles. The molecule has 0 unspecified atom stereocenters. The summed E-state index contributed by atoms with van der Waals surface area (Å²) >= 11 is 0. The number of aromatic nitrogens is 3. The van der Waals surface area contributed by atoms with Crippen molar-refractivity contribution < 1.29 is 14.4 Å². The maximum absolute atomic E-state index is 13.7. The van der Waals surface area contributed by atoms with Crippen molar-refractivity contribution in [1.29, 1.82) is 0 Å². The van der Waals surface area contributed by atoms with Gasteiger partial charge in [-0.15, -0.1) is 0 Å². The molecule has 2 aromatic carbocycles. The summed E-state index contributed by atoms with van der Waals surface area (Å²) in [5.41, 5.74) is 7.08. The van der Waals surface area contributed by atoms with E-state index in [0.29, 0.717) is 46.7 Å². The van der Waals surface area contributed by atoms with Crippen molar-refractivity contribution in [3.05, 3.63) is 88.9 Å². The number of urea groups is 1. The summed E-state index contributed by atoms with van der Waals surface area (Å²) in [6.45, 7) is 10.1. The lowest BCUT2D eigenvalue weighted by molar-refractivity contribution is -0.119. The van der Waals surface area contributed by atoms with Crippen LogP contribution in [0.3, 0.4) is 0 Å². The molecule has 0 aliphatic carbocycles. The van der Waals surface area contributed by atoms with Gasteiger partial charge in [0, 0.05) is 54.1 Å². The van der Waals surface area contributed by atoms with Gasteiger partial charge in [0.1, 0.15) is 11.9 Å². The first-order valence-corrected chi connectivity index (χ1v) is 15.9. The van der Waals surface area contributed by atoms with Gasteiger partial charge in [-0.05, 0) is 75.1 Å². The monoisotopic (exact) mass is 645 g/mol.